The molecule has 2 aliphatic rings. The molecule has 1 aliphatic carbocycles. The largest absolute Gasteiger partial charge is 0.387 e. The number of nitrogens with zero attached hydrogens (tertiary/aromatic N) is 4. The molecule has 0 aromatic carbocycles. The molecule has 3 heterocycles. The van der Waals surface area contributed by atoms with Crippen molar-refractivity contribution in [2.24, 2.45) is 0 Å². The van der Waals surface area contributed by atoms with Crippen LogP contribution in [-0.4, -0.2) is 64.6 Å². The van der Waals surface area contributed by atoms with Crippen LogP contribution in [-0.2, 0) is 4.79 Å². The van der Waals surface area contributed by atoms with E-state index in [2.05, 4.69) is 41.0 Å². The lowest BCUT2D eigenvalue weighted by molar-refractivity contribution is -0.133. The number of fused-ring (bicyclic) bond motifs is 1. The number of aliphatic hydroxyl groups is 1. The summed E-state index contributed by atoms with van der Waals surface area (Å²) in [5.74, 6) is 1.05. The molecule has 4 rings (SSSR count). The Balaban J connectivity index is 1.46. The SMILES string of the molecule is CC(C)NC[C@@H](C(=O)N1CCN(c2ncnc3c2[C@H](C)C[C@H]3O)CC1)c1ccc(Cl)s1. The van der Waals surface area contributed by atoms with Crippen LogP contribution in [0.15, 0.2) is 18.5 Å². The van der Waals surface area contributed by atoms with Gasteiger partial charge >= 0.3 is 0 Å². The zero-order chi connectivity index (χ0) is 22.1. The van der Waals surface area contributed by atoms with Gasteiger partial charge in [0, 0.05) is 49.2 Å². The Morgan fingerprint density at radius 3 is 2.68 bits per heavy atom. The van der Waals surface area contributed by atoms with Crippen LogP contribution in [0.1, 0.15) is 61.3 Å². The standard InChI is InChI=1S/C22H30ClN5O2S/c1-13(2)24-11-15(17-4-5-18(23)31-17)22(30)28-8-6-27(7-9-28)21-19-14(3)10-16(29)20(19)25-12-26-21/h4-5,12-16,24,29H,6-11H2,1-3H3/t14-,15-,16-/m1/s1. The predicted molar refractivity (Wildman–Crippen MR) is 124 cm³/mol. The molecule has 0 unspecified atom stereocenters. The molecule has 7 nitrogen and oxygen atoms in total. The van der Waals surface area contributed by atoms with Crippen molar-refractivity contribution in [1.29, 1.82) is 0 Å². The topological polar surface area (TPSA) is 81.6 Å². The first-order valence-corrected chi connectivity index (χ1v) is 12.1. The fourth-order valence-electron chi connectivity index (χ4n) is 4.49. The second-order valence-electron chi connectivity index (χ2n) is 8.72. The van der Waals surface area contributed by atoms with E-state index in [1.54, 1.807) is 6.33 Å². The van der Waals surface area contributed by atoms with Gasteiger partial charge < -0.3 is 20.2 Å². The summed E-state index contributed by atoms with van der Waals surface area (Å²) in [5, 5.41) is 13.7. The van der Waals surface area contributed by atoms with Crippen LogP contribution >= 0.6 is 22.9 Å². The van der Waals surface area contributed by atoms with Gasteiger partial charge in [-0.15, -0.1) is 11.3 Å². The molecule has 2 N–H and O–H groups in total. The molecule has 168 valence electrons. The maximum atomic E-state index is 13.4. The molecule has 1 amide bonds. The van der Waals surface area contributed by atoms with Crippen molar-refractivity contribution in [2.75, 3.05) is 37.6 Å². The lowest BCUT2D eigenvalue weighted by Crippen LogP contribution is -2.51. The number of hydrogen-bond acceptors (Lipinski definition) is 7. The van der Waals surface area contributed by atoms with Gasteiger partial charge in [0.05, 0.1) is 22.1 Å². The Kier molecular flexibility index (Phi) is 6.81. The van der Waals surface area contributed by atoms with E-state index >= 15 is 0 Å². The Morgan fingerprint density at radius 1 is 1.29 bits per heavy atom. The molecule has 0 spiro atoms. The molecular formula is C22H30ClN5O2S. The van der Waals surface area contributed by atoms with E-state index in [1.165, 1.54) is 11.3 Å². The number of thiophene rings is 1. The average Bonchev–Trinajstić information content (AvgIpc) is 3.31. The summed E-state index contributed by atoms with van der Waals surface area (Å²) in [6, 6.07) is 4.13. The van der Waals surface area contributed by atoms with E-state index in [4.69, 9.17) is 11.6 Å². The van der Waals surface area contributed by atoms with Crippen molar-refractivity contribution in [3.05, 3.63) is 38.9 Å². The van der Waals surface area contributed by atoms with Crippen molar-refractivity contribution in [3.8, 4) is 0 Å². The summed E-state index contributed by atoms with van der Waals surface area (Å²) in [7, 11) is 0. The quantitative estimate of drug-likeness (QED) is 0.684. The molecule has 1 aliphatic heterocycles. The van der Waals surface area contributed by atoms with Crippen molar-refractivity contribution in [1.82, 2.24) is 20.2 Å². The zero-order valence-corrected chi connectivity index (χ0v) is 19.8. The Morgan fingerprint density at radius 2 is 2.03 bits per heavy atom. The third-order valence-corrected chi connectivity index (χ3v) is 7.48. The van der Waals surface area contributed by atoms with E-state index in [-0.39, 0.29) is 17.7 Å². The molecule has 31 heavy (non-hydrogen) atoms. The highest BCUT2D eigenvalue weighted by Gasteiger charge is 2.35. The summed E-state index contributed by atoms with van der Waals surface area (Å²) in [6.07, 6.45) is 1.72. The normalized spacial score (nSPS) is 22.1. The Bertz CT molecular complexity index is 928. The number of aliphatic hydroxyl groups excluding tert-OH is 1. The first-order chi connectivity index (χ1) is 14.8. The van der Waals surface area contributed by atoms with E-state index in [1.807, 2.05) is 17.0 Å². The molecule has 3 atom stereocenters. The van der Waals surface area contributed by atoms with Crippen LogP contribution in [0.5, 0.6) is 0 Å². The number of carbonyl (C=O) groups excluding carboxylic acids is 1. The van der Waals surface area contributed by atoms with Crippen LogP contribution < -0.4 is 10.2 Å². The number of aromatic nitrogens is 2. The molecule has 0 radical (unpaired) electrons. The molecule has 2 aromatic heterocycles. The van der Waals surface area contributed by atoms with Gasteiger partial charge in [-0.2, -0.15) is 0 Å². The second-order valence-corrected chi connectivity index (χ2v) is 10.5. The van der Waals surface area contributed by atoms with Crippen molar-refractivity contribution in [2.45, 2.75) is 51.2 Å². The fraction of sp³-hybridized carbons (Fsp3) is 0.591. The fourth-order valence-corrected chi connectivity index (χ4v) is 5.65. The minimum atomic E-state index is -0.513. The maximum Gasteiger partial charge on any atom is 0.232 e. The third kappa shape index (κ3) is 4.72. The van der Waals surface area contributed by atoms with Crippen molar-refractivity contribution >= 4 is 34.7 Å². The van der Waals surface area contributed by atoms with Crippen molar-refractivity contribution in [3.63, 3.8) is 0 Å². The number of rotatable bonds is 6. The molecule has 2 aromatic rings. The second kappa shape index (κ2) is 9.40. The smallest absolute Gasteiger partial charge is 0.232 e. The maximum absolute atomic E-state index is 13.4. The lowest BCUT2D eigenvalue weighted by Gasteiger charge is -2.38. The van der Waals surface area contributed by atoms with E-state index in [9.17, 15) is 9.90 Å². The highest BCUT2D eigenvalue weighted by atomic mass is 35.5. The van der Waals surface area contributed by atoms with Gasteiger partial charge in [0.15, 0.2) is 0 Å². The molecular weight excluding hydrogens is 434 g/mol. The van der Waals surface area contributed by atoms with Gasteiger partial charge in [-0.1, -0.05) is 32.4 Å². The molecule has 1 saturated heterocycles. The van der Waals surface area contributed by atoms with Gasteiger partial charge in [-0.05, 0) is 24.5 Å². The number of piperazine rings is 1. The molecule has 0 bridgehead atoms. The van der Waals surface area contributed by atoms with Gasteiger partial charge in [0.25, 0.3) is 0 Å². The lowest BCUT2D eigenvalue weighted by atomic mass is 10.0. The minimum absolute atomic E-state index is 0.142. The number of nitrogens with one attached hydrogen (secondary N) is 1. The van der Waals surface area contributed by atoms with Gasteiger partial charge in [-0.3, -0.25) is 4.79 Å². The van der Waals surface area contributed by atoms with Gasteiger partial charge in [-0.25, -0.2) is 9.97 Å². The minimum Gasteiger partial charge on any atom is -0.387 e. The number of carbonyl (C=O) groups is 1. The van der Waals surface area contributed by atoms with Crippen LogP contribution in [0.4, 0.5) is 5.82 Å². The Labute approximate surface area is 192 Å². The summed E-state index contributed by atoms with van der Waals surface area (Å²) < 4.78 is 0.705. The van der Waals surface area contributed by atoms with Gasteiger partial charge in [0.1, 0.15) is 12.1 Å². The highest BCUT2D eigenvalue weighted by molar-refractivity contribution is 7.16. The van der Waals surface area contributed by atoms with E-state index < -0.39 is 6.10 Å². The van der Waals surface area contributed by atoms with E-state index in [0.717, 1.165) is 22.0 Å². The first-order valence-electron chi connectivity index (χ1n) is 10.9. The van der Waals surface area contributed by atoms with Crippen LogP contribution in [0, 0.1) is 0 Å². The Hall–Kier alpha value is -1.74. The van der Waals surface area contributed by atoms with Gasteiger partial charge in [0.2, 0.25) is 5.91 Å². The first kappa shape index (κ1) is 22.5. The van der Waals surface area contributed by atoms with E-state index in [0.29, 0.717) is 49.5 Å². The number of hydrogen-bond donors (Lipinski definition) is 2. The van der Waals surface area contributed by atoms with Crippen LogP contribution in [0.25, 0.3) is 0 Å². The summed E-state index contributed by atoms with van der Waals surface area (Å²) in [6.45, 7) is 9.60. The molecule has 9 heteroatoms. The summed E-state index contributed by atoms with van der Waals surface area (Å²) in [4.78, 5) is 27.5. The summed E-state index contributed by atoms with van der Waals surface area (Å²) in [5.41, 5.74) is 1.81. The molecule has 0 saturated carbocycles. The zero-order valence-electron chi connectivity index (χ0n) is 18.2. The summed E-state index contributed by atoms with van der Waals surface area (Å²) >= 11 is 7.63. The number of amides is 1. The number of anilines is 1. The third-order valence-electron chi connectivity index (χ3n) is 6.14. The highest BCUT2D eigenvalue weighted by Crippen LogP contribution is 2.42. The monoisotopic (exact) mass is 463 g/mol. The van der Waals surface area contributed by atoms with Crippen LogP contribution in [0.3, 0.4) is 0 Å². The number of halogens is 1. The van der Waals surface area contributed by atoms with Crippen molar-refractivity contribution < 1.29 is 9.90 Å². The predicted octanol–water partition coefficient (Wildman–Crippen LogP) is 3.16. The molecule has 1 fully saturated rings. The average molecular weight is 464 g/mol. The van der Waals surface area contributed by atoms with Crippen LogP contribution in [0.2, 0.25) is 4.34 Å².